The highest BCUT2D eigenvalue weighted by Gasteiger charge is 2.19. The van der Waals surface area contributed by atoms with Gasteiger partial charge in [0.2, 0.25) is 0 Å². The molecule has 0 aromatic heterocycles. The molecule has 1 fully saturated rings. The van der Waals surface area contributed by atoms with Crippen molar-refractivity contribution < 1.29 is 4.74 Å². The van der Waals surface area contributed by atoms with Crippen molar-refractivity contribution in [1.29, 1.82) is 0 Å². The quantitative estimate of drug-likeness (QED) is 0.594. The van der Waals surface area contributed by atoms with E-state index in [-0.39, 0.29) is 0 Å². The predicted molar refractivity (Wildman–Crippen MR) is 44.5 cm³/mol. The van der Waals surface area contributed by atoms with Gasteiger partial charge >= 0.3 is 0 Å². The molecule has 1 aromatic rings. The SMILES string of the molecule is Cc1cccc(C2CCO2)c1. The fraction of sp³-hybridized carbons (Fsp3) is 0.400. The molecule has 1 heteroatoms. The van der Waals surface area contributed by atoms with Crippen LogP contribution in [0.15, 0.2) is 24.3 Å². The molecule has 0 spiro atoms. The van der Waals surface area contributed by atoms with Crippen molar-refractivity contribution in [3.8, 4) is 0 Å². The van der Waals surface area contributed by atoms with Crippen LogP contribution in [0.2, 0.25) is 0 Å². The molecule has 1 unspecified atom stereocenters. The summed E-state index contributed by atoms with van der Waals surface area (Å²) >= 11 is 0. The number of rotatable bonds is 1. The first-order valence-electron chi connectivity index (χ1n) is 4.04. The molecule has 1 nitrogen and oxygen atoms in total. The second-order valence-electron chi connectivity index (χ2n) is 3.06. The zero-order valence-electron chi connectivity index (χ0n) is 6.71. The van der Waals surface area contributed by atoms with Crippen molar-refractivity contribution in [1.82, 2.24) is 0 Å². The molecule has 0 amide bonds. The molecule has 1 heterocycles. The molecule has 0 aliphatic carbocycles. The maximum absolute atomic E-state index is 5.37. The summed E-state index contributed by atoms with van der Waals surface area (Å²) in [5.74, 6) is 0. The van der Waals surface area contributed by atoms with E-state index in [2.05, 4.69) is 31.2 Å². The minimum Gasteiger partial charge on any atom is -0.373 e. The first kappa shape index (κ1) is 6.86. The first-order chi connectivity index (χ1) is 5.36. The molecule has 0 radical (unpaired) electrons. The predicted octanol–water partition coefficient (Wildman–Crippen LogP) is 2.46. The standard InChI is InChI=1S/C10H12O/c1-8-3-2-4-9(7-8)10-5-6-11-10/h2-4,7,10H,5-6H2,1H3. The lowest BCUT2D eigenvalue weighted by Crippen LogP contribution is -2.18. The number of hydrogen-bond acceptors (Lipinski definition) is 1. The Labute approximate surface area is 67.0 Å². The molecule has 58 valence electrons. The van der Waals surface area contributed by atoms with Crippen LogP contribution >= 0.6 is 0 Å². The Morgan fingerprint density at radius 3 is 2.82 bits per heavy atom. The Morgan fingerprint density at radius 1 is 1.45 bits per heavy atom. The molecule has 0 saturated carbocycles. The van der Waals surface area contributed by atoms with E-state index in [4.69, 9.17) is 4.74 Å². The van der Waals surface area contributed by atoms with E-state index < -0.39 is 0 Å². The molecule has 1 aliphatic rings. The van der Waals surface area contributed by atoms with E-state index in [0.717, 1.165) is 6.61 Å². The van der Waals surface area contributed by atoms with Gasteiger partial charge in [0.15, 0.2) is 0 Å². The van der Waals surface area contributed by atoms with Crippen LogP contribution in [0, 0.1) is 6.92 Å². The van der Waals surface area contributed by atoms with Crippen LogP contribution in [0.5, 0.6) is 0 Å². The van der Waals surface area contributed by atoms with Crippen LogP contribution in [0.25, 0.3) is 0 Å². The van der Waals surface area contributed by atoms with Gasteiger partial charge in [-0.05, 0) is 12.5 Å². The summed E-state index contributed by atoms with van der Waals surface area (Å²) in [4.78, 5) is 0. The maximum atomic E-state index is 5.37. The number of benzene rings is 1. The van der Waals surface area contributed by atoms with Crippen molar-refractivity contribution in [2.45, 2.75) is 19.4 Å². The lowest BCUT2D eigenvalue weighted by atomic mass is 10.0. The summed E-state index contributed by atoms with van der Waals surface area (Å²) < 4.78 is 5.37. The Balaban J connectivity index is 2.23. The second kappa shape index (κ2) is 2.67. The summed E-state index contributed by atoms with van der Waals surface area (Å²) in [7, 11) is 0. The van der Waals surface area contributed by atoms with E-state index >= 15 is 0 Å². The molecule has 1 saturated heterocycles. The van der Waals surface area contributed by atoms with Gasteiger partial charge in [0.25, 0.3) is 0 Å². The van der Waals surface area contributed by atoms with Crippen LogP contribution in [-0.4, -0.2) is 6.61 Å². The largest absolute Gasteiger partial charge is 0.373 e. The van der Waals surface area contributed by atoms with E-state index in [1.54, 1.807) is 0 Å². The van der Waals surface area contributed by atoms with Crippen molar-refractivity contribution >= 4 is 0 Å². The third-order valence-corrected chi connectivity index (χ3v) is 2.11. The Morgan fingerprint density at radius 2 is 2.27 bits per heavy atom. The minimum absolute atomic E-state index is 0.384. The van der Waals surface area contributed by atoms with Crippen molar-refractivity contribution in [2.75, 3.05) is 6.61 Å². The topological polar surface area (TPSA) is 9.23 Å². The molecule has 1 aliphatic heterocycles. The number of ether oxygens (including phenoxy) is 1. The lowest BCUT2D eigenvalue weighted by molar-refractivity contribution is -0.0527. The fourth-order valence-electron chi connectivity index (χ4n) is 1.37. The molecule has 2 rings (SSSR count). The lowest BCUT2D eigenvalue weighted by Gasteiger charge is -2.26. The van der Waals surface area contributed by atoms with Gasteiger partial charge in [0.1, 0.15) is 0 Å². The number of aryl methyl sites for hydroxylation is 1. The molecular formula is C10H12O. The van der Waals surface area contributed by atoms with Crippen LogP contribution in [0.3, 0.4) is 0 Å². The van der Waals surface area contributed by atoms with Gasteiger partial charge in [-0.25, -0.2) is 0 Å². The normalized spacial score (nSPS) is 22.8. The van der Waals surface area contributed by atoms with Crippen LogP contribution in [0.4, 0.5) is 0 Å². The molecule has 0 bridgehead atoms. The van der Waals surface area contributed by atoms with Gasteiger partial charge in [-0.15, -0.1) is 0 Å². The summed E-state index contributed by atoms with van der Waals surface area (Å²) in [5.41, 5.74) is 2.65. The zero-order valence-corrected chi connectivity index (χ0v) is 6.71. The third kappa shape index (κ3) is 1.29. The van der Waals surface area contributed by atoms with E-state index in [1.165, 1.54) is 17.5 Å². The van der Waals surface area contributed by atoms with Gasteiger partial charge in [-0.3, -0.25) is 0 Å². The van der Waals surface area contributed by atoms with E-state index in [9.17, 15) is 0 Å². The van der Waals surface area contributed by atoms with Crippen LogP contribution in [-0.2, 0) is 4.74 Å². The Kier molecular flexibility index (Phi) is 1.66. The monoisotopic (exact) mass is 148 g/mol. The molecule has 1 atom stereocenters. The maximum Gasteiger partial charge on any atom is 0.0847 e. The highest BCUT2D eigenvalue weighted by molar-refractivity contribution is 5.24. The van der Waals surface area contributed by atoms with Crippen molar-refractivity contribution in [3.63, 3.8) is 0 Å². The molecule has 1 aromatic carbocycles. The van der Waals surface area contributed by atoms with Gasteiger partial charge in [-0.1, -0.05) is 29.8 Å². The van der Waals surface area contributed by atoms with Gasteiger partial charge in [-0.2, -0.15) is 0 Å². The average molecular weight is 148 g/mol. The van der Waals surface area contributed by atoms with Gasteiger partial charge in [0, 0.05) is 6.42 Å². The van der Waals surface area contributed by atoms with E-state index in [1.807, 2.05) is 0 Å². The Hall–Kier alpha value is -0.820. The summed E-state index contributed by atoms with van der Waals surface area (Å²) in [6, 6.07) is 8.54. The minimum atomic E-state index is 0.384. The van der Waals surface area contributed by atoms with Crippen LogP contribution in [0.1, 0.15) is 23.7 Å². The third-order valence-electron chi connectivity index (χ3n) is 2.11. The zero-order chi connectivity index (χ0) is 7.68. The van der Waals surface area contributed by atoms with Gasteiger partial charge < -0.3 is 4.74 Å². The smallest absolute Gasteiger partial charge is 0.0847 e. The van der Waals surface area contributed by atoms with Crippen molar-refractivity contribution in [3.05, 3.63) is 35.4 Å². The average Bonchev–Trinajstić information content (AvgIpc) is 1.83. The summed E-state index contributed by atoms with van der Waals surface area (Å²) in [6.45, 7) is 3.04. The molecule has 0 N–H and O–H groups in total. The summed E-state index contributed by atoms with van der Waals surface area (Å²) in [5, 5.41) is 0. The molecule has 11 heavy (non-hydrogen) atoms. The van der Waals surface area contributed by atoms with Gasteiger partial charge in [0.05, 0.1) is 12.7 Å². The highest BCUT2D eigenvalue weighted by atomic mass is 16.5. The van der Waals surface area contributed by atoms with Crippen molar-refractivity contribution in [2.24, 2.45) is 0 Å². The second-order valence-corrected chi connectivity index (χ2v) is 3.06. The Bertz CT molecular complexity index is 251. The molecular weight excluding hydrogens is 136 g/mol. The van der Waals surface area contributed by atoms with Crippen LogP contribution < -0.4 is 0 Å². The fourth-order valence-corrected chi connectivity index (χ4v) is 1.37. The highest BCUT2D eigenvalue weighted by Crippen LogP contribution is 2.29. The van der Waals surface area contributed by atoms with E-state index in [0.29, 0.717) is 6.10 Å². The summed E-state index contributed by atoms with van der Waals surface area (Å²) in [6.07, 6.45) is 1.57. The first-order valence-corrected chi connectivity index (χ1v) is 4.04. The number of hydrogen-bond donors (Lipinski definition) is 0.